The van der Waals surface area contributed by atoms with Crippen LogP contribution in [-0.4, -0.2) is 14.2 Å². The molecule has 0 aliphatic carbocycles. The zero-order chi connectivity index (χ0) is 11.3. The van der Waals surface area contributed by atoms with Crippen LogP contribution in [0.1, 0.15) is 31.9 Å². The van der Waals surface area contributed by atoms with E-state index in [9.17, 15) is 0 Å². The molecule has 0 spiro atoms. The smallest absolute Gasteiger partial charge is 0.119 e. The SMILES string of the molecule is CCC(C)C(NC)c1cccc(OC)c1. The first kappa shape index (κ1) is 12.1. The molecule has 84 valence electrons. The summed E-state index contributed by atoms with van der Waals surface area (Å²) in [6, 6.07) is 8.68. The Balaban J connectivity index is 2.91. The van der Waals surface area contributed by atoms with Crippen LogP contribution in [0.2, 0.25) is 0 Å². The van der Waals surface area contributed by atoms with Gasteiger partial charge in [-0.05, 0) is 30.7 Å². The highest BCUT2D eigenvalue weighted by Gasteiger charge is 2.15. The van der Waals surface area contributed by atoms with Crippen molar-refractivity contribution in [3.63, 3.8) is 0 Å². The molecule has 0 radical (unpaired) electrons. The van der Waals surface area contributed by atoms with E-state index in [4.69, 9.17) is 4.74 Å². The highest BCUT2D eigenvalue weighted by Crippen LogP contribution is 2.26. The van der Waals surface area contributed by atoms with E-state index in [1.54, 1.807) is 7.11 Å². The van der Waals surface area contributed by atoms with Gasteiger partial charge in [0.15, 0.2) is 0 Å². The van der Waals surface area contributed by atoms with Crippen LogP contribution in [0.3, 0.4) is 0 Å². The maximum absolute atomic E-state index is 5.24. The molecule has 0 bridgehead atoms. The van der Waals surface area contributed by atoms with E-state index < -0.39 is 0 Å². The van der Waals surface area contributed by atoms with Crippen LogP contribution < -0.4 is 10.1 Å². The molecule has 2 atom stereocenters. The van der Waals surface area contributed by atoms with Crippen molar-refractivity contribution in [3.05, 3.63) is 29.8 Å². The van der Waals surface area contributed by atoms with Crippen LogP contribution in [-0.2, 0) is 0 Å². The molecule has 0 aliphatic heterocycles. The number of ether oxygens (including phenoxy) is 1. The van der Waals surface area contributed by atoms with Crippen LogP contribution in [0.4, 0.5) is 0 Å². The molecule has 2 nitrogen and oxygen atoms in total. The van der Waals surface area contributed by atoms with Crippen molar-refractivity contribution >= 4 is 0 Å². The topological polar surface area (TPSA) is 21.3 Å². The molecular weight excluding hydrogens is 186 g/mol. The number of nitrogens with one attached hydrogen (secondary N) is 1. The monoisotopic (exact) mass is 207 g/mol. The van der Waals surface area contributed by atoms with Gasteiger partial charge in [-0.25, -0.2) is 0 Å². The first-order valence-electron chi connectivity index (χ1n) is 5.54. The van der Waals surface area contributed by atoms with Gasteiger partial charge in [0.05, 0.1) is 7.11 Å². The second kappa shape index (κ2) is 5.76. The Morgan fingerprint density at radius 3 is 2.67 bits per heavy atom. The third kappa shape index (κ3) is 2.96. The molecule has 2 heteroatoms. The Hall–Kier alpha value is -1.02. The molecule has 0 aromatic heterocycles. The van der Waals surface area contributed by atoms with Gasteiger partial charge >= 0.3 is 0 Å². The lowest BCUT2D eigenvalue weighted by molar-refractivity contribution is 0.392. The van der Waals surface area contributed by atoms with Gasteiger partial charge in [-0.3, -0.25) is 0 Å². The average Bonchev–Trinajstić information content (AvgIpc) is 2.30. The molecule has 0 amide bonds. The lowest BCUT2D eigenvalue weighted by atomic mass is 9.92. The normalized spacial score (nSPS) is 14.7. The second-order valence-electron chi connectivity index (χ2n) is 3.93. The summed E-state index contributed by atoms with van der Waals surface area (Å²) in [4.78, 5) is 0. The van der Waals surface area contributed by atoms with Crippen molar-refractivity contribution < 1.29 is 4.74 Å². The van der Waals surface area contributed by atoms with Crippen molar-refractivity contribution in [2.24, 2.45) is 5.92 Å². The van der Waals surface area contributed by atoms with E-state index in [0.29, 0.717) is 12.0 Å². The van der Waals surface area contributed by atoms with Gasteiger partial charge in [0.1, 0.15) is 5.75 Å². The van der Waals surface area contributed by atoms with E-state index in [1.807, 2.05) is 19.2 Å². The number of benzene rings is 1. The molecule has 2 unspecified atom stereocenters. The quantitative estimate of drug-likeness (QED) is 0.801. The maximum atomic E-state index is 5.24. The molecule has 1 aromatic rings. The van der Waals surface area contributed by atoms with E-state index >= 15 is 0 Å². The molecular formula is C13H21NO. The first-order chi connectivity index (χ1) is 7.22. The van der Waals surface area contributed by atoms with Crippen LogP contribution in [0, 0.1) is 5.92 Å². The molecule has 1 rings (SSSR count). The fourth-order valence-electron chi connectivity index (χ4n) is 1.85. The summed E-state index contributed by atoms with van der Waals surface area (Å²) in [7, 11) is 3.72. The minimum atomic E-state index is 0.407. The minimum absolute atomic E-state index is 0.407. The van der Waals surface area contributed by atoms with E-state index in [0.717, 1.165) is 5.75 Å². The van der Waals surface area contributed by atoms with E-state index in [-0.39, 0.29) is 0 Å². The first-order valence-corrected chi connectivity index (χ1v) is 5.54. The molecule has 0 heterocycles. The van der Waals surface area contributed by atoms with Crippen LogP contribution >= 0.6 is 0 Å². The Labute approximate surface area is 92.6 Å². The Bertz CT molecular complexity index is 298. The average molecular weight is 207 g/mol. The van der Waals surface area contributed by atoms with Crippen LogP contribution in [0.25, 0.3) is 0 Å². The lowest BCUT2D eigenvalue weighted by Gasteiger charge is -2.23. The molecule has 0 saturated heterocycles. The fourth-order valence-corrected chi connectivity index (χ4v) is 1.85. The Morgan fingerprint density at radius 1 is 1.40 bits per heavy atom. The standard InChI is InChI=1S/C13H21NO/c1-5-10(2)13(14-3)11-7-6-8-12(9-11)15-4/h6-10,13-14H,5H2,1-4H3. The van der Waals surface area contributed by atoms with Crippen molar-refractivity contribution in [1.29, 1.82) is 0 Å². The molecule has 1 aromatic carbocycles. The minimum Gasteiger partial charge on any atom is -0.497 e. The van der Waals surface area contributed by atoms with Crippen LogP contribution in [0.5, 0.6) is 5.75 Å². The maximum Gasteiger partial charge on any atom is 0.119 e. The van der Waals surface area contributed by atoms with Crippen molar-refractivity contribution in [2.75, 3.05) is 14.2 Å². The van der Waals surface area contributed by atoms with Crippen molar-refractivity contribution in [3.8, 4) is 5.75 Å². The third-order valence-corrected chi connectivity index (χ3v) is 2.98. The zero-order valence-corrected chi connectivity index (χ0v) is 10.1. The summed E-state index contributed by atoms with van der Waals surface area (Å²) >= 11 is 0. The fraction of sp³-hybridized carbons (Fsp3) is 0.538. The number of rotatable bonds is 5. The number of methoxy groups -OCH3 is 1. The molecule has 0 saturated carbocycles. The summed E-state index contributed by atoms with van der Waals surface area (Å²) in [5, 5.41) is 3.36. The highest BCUT2D eigenvalue weighted by atomic mass is 16.5. The predicted octanol–water partition coefficient (Wildman–Crippen LogP) is 3.00. The summed E-state index contributed by atoms with van der Waals surface area (Å²) in [5.74, 6) is 1.55. The lowest BCUT2D eigenvalue weighted by Crippen LogP contribution is -2.23. The van der Waals surface area contributed by atoms with Gasteiger partial charge in [-0.15, -0.1) is 0 Å². The summed E-state index contributed by atoms with van der Waals surface area (Å²) < 4.78 is 5.24. The second-order valence-corrected chi connectivity index (χ2v) is 3.93. The van der Waals surface area contributed by atoms with Gasteiger partial charge in [0.25, 0.3) is 0 Å². The van der Waals surface area contributed by atoms with Crippen molar-refractivity contribution in [2.45, 2.75) is 26.3 Å². The summed E-state index contributed by atoms with van der Waals surface area (Å²) in [5.41, 5.74) is 1.30. The van der Waals surface area contributed by atoms with Crippen LogP contribution in [0.15, 0.2) is 24.3 Å². The molecule has 1 N–H and O–H groups in total. The molecule has 0 fully saturated rings. The Morgan fingerprint density at radius 2 is 2.13 bits per heavy atom. The molecule has 15 heavy (non-hydrogen) atoms. The highest BCUT2D eigenvalue weighted by molar-refractivity contribution is 5.30. The predicted molar refractivity (Wildman–Crippen MR) is 64.2 cm³/mol. The van der Waals surface area contributed by atoms with Gasteiger partial charge < -0.3 is 10.1 Å². The van der Waals surface area contributed by atoms with Gasteiger partial charge in [-0.2, -0.15) is 0 Å². The summed E-state index contributed by atoms with van der Waals surface area (Å²) in [6.45, 7) is 4.48. The van der Waals surface area contributed by atoms with Crippen molar-refractivity contribution in [1.82, 2.24) is 5.32 Å². The van der Waals surface area contributed by atoms with Gasteiger partial charge in [-0.1, -0.05) is 32.4 Å². The summed E-state index contributed by atoms with van der Waals surface area (Å²) in [6.07, 6.45) is 1.17. The largest absolute Gasteiger partial charge is 0.497 e. The van der Waals surface area contributed by atoms with Gasteiger partial charge in [0.2, 0.25) is 0 Å². The van der Waals surface area contributed by atoms with Gasteiger partial charge in [0, 0.05) is 6.04 Å². The number of hydrogen-bond donors (Lipinski definition) is 1. The van der Waals surface area contributed by atoms with E-state index in [1.165, 1.54) is 12.0 Å². The number of hydrogen-bond acceptors (Lipinski definition) is 2. The Kier molecular flexibility index (Phi) is 4.63. The zero-order valence-electron chi connectivity index (χ0n) is 10.1. The van der Waals surface area contributed by atoms with E-state index in [2.05, 4.69) is 31.3 Å². The third-order valence-electron chi connectivity index (χ3n) is 2.98. The molecule has 0 aliphatic rings.